The van der Waals surface area contributed by atoms with Crippen LogP contribution in [0, 0.1) is 11.3 Å². The number of para-hydroxylation sites is 1. The molecule has 108 valence electrons. The van der Waals surface area contributed by atoms with E-state index >= 15 is 0 Å². The van der Waals surface area contributed by atoms with E-state index in [0.29, 0.717) is 12.0 Å². The number of thiophene rings is 1. The molecule has 2 aromatic heterocycles. The second-order valence-electron chi connectivity index (χ2n) is 4.91. The van der Waals surface area contributed by atoms with Crippen molar-refractivity contribution in [2.24, 2.45) is 0 Å². The molecule has 3 rings (SSSR count). The Hall–Kier alpha value is -2.64. The third-order valence-electron chi connectivity index (χ3n) is 3.65. The third-order valence-corrected chi connectivity index (χ3v) is 4.65. The van der Waals surface area contributed by atoms with E-state index in [1.807, 2.05) is 47.9 Å². The number of nitriles is 1. The first kappa shape index (κ1) is 14.3. The van der Waals surface area contributed by atoms with E-state index in [2.05, 4.69) is 6.58 Å². The Balaban J connectivity index is 2.19. The molecule has 3 aromatic rings. The minimum atomic E-state index is -0.579. The molecule has 0 fully saturated rings. The molecule has 0 aliphatic rings. The number of nitrogens with zero attached hydrogens (tertiary/aromatic N) is 1. The fourth-order valence-electron chi connectivity index (χ4n) is 2.56. The summed E-state index contributed by atoms with van der Waals surface area (Å²) in [5.41, 5.74) is 0.746. The standard InChI is InChI=1S/C18H13NO2S/c1-2-12(17-8-5-9-22-17)10-14-13-6-3-4-7-16(13)21-18(20)15(14)11-19/h2-9,12H,1,10H2/t12-/m1/s1. The Labute approximate surface area is 131 Å². The van der Waals surface area contributed by atoms with Crippen LogP contribution in [0.5, 0.6) is 0 Å². The predicted molar refractivity (Wildman–Crippen MR) is 88.2 cm³/mol. The summed E-state index contributed by atoms with van der Waals surface area (Å²) in [4.78, 5) is 13.2. The van der Waals surface area contributed by atoms with E-state index in [1.165, 1.54) is 0 Å². The number of hydrogen-bond acceptors (Lipinski definition) is 4. The third kappa shape index (κ3) is 2.47. The maximum Gasteiger partial charge on any atom is 0.354 e. The van der Waals surface area contributed by atoms with Gasteiger partial charge in [-0.05, 0) is 29.5 Å². The molecule has 1 atom stereocenters. The number of benzene rings is 1. The van der Waals surface area contributed by atoms with Gasteiger partial charge in [-0.15, -0.1) is 17.9 Å². The van der Waals surface area contributed by atoms with Gasteiger partial charge < -0.3 is 4.42 Å². The van der Waals surface area contributed by atoms with Crippen LogP contribution in [0.3, 0.4) is 0 Å². The minimum absolute atomic E-state index is 0.0670. The van der Waals surface area contributed by atoms with E-state index in [0.717, 1.165) is 15.8 Å². The summed E-state index contributed by atoms with van der Waals surface area (Å²) in [5, 5.41) is 12.2. The zero-order valence-corrected chi connectivity index (χ0v) is 12.6. The van der Waals surface area contributed by atoms with Gasteiger partial charge in [-0.2, -0.15) is 5.26 Å². The Morgan fingerprint density at radius 1 is 1.32 bits per heavy atom. The lowest BCUT2D eigenvalue weighted by Gasteiger charge is -2.13. The van der Waals surface area contributed by atoms with E-state index in [-0.39, 0.29) is 11.5 Å². The van der Waals surface area contributed by atoms with Gasteiger partial charge in [-0.1, -0.05) is 30.3 Å². The van der Waals surface area contributed by atoms with Crippen LogP contribution >= 0.6 is 11.3 Å². The monoisotopic (exact) mass is 307 g/mol. The van der Waals surface area contributed by atoms with Gasteiger partial charge in [-0.25, -0.2) is 4.79 Å². The van der Waals surface area contributed by atoms with Crippen molar-refractivity contribution in [2.45, 2.75) is 12.3 Å². The van der Waals surface area contributed by atoms with Gasteiger partial charge in [0.15, 0.2) is 0 Å². The van der Waals surface area contributed by atoms with Crippen molar-refractivity contribution in [3.63, 3.8) is 0 Å². The molecule has 0 saturated carbocycles. The van der Waals surface area contributed by atoms with E-state index in [1.54, 1.807) is 17.4 Å². The predicted octanol–water partition coefficient (Wildman–Crippen LogP) is 4.24. The quantitative estimate of drug-likeness (QED) is 0.535. The summed E-state index contributed by atoms with van der Waals surface area (Å²) in [6, 6.07) is 13.3. The SMILES string of the molecule is C=C[C@H](Cc1c(C#N)c(=O)oc2ccccc12)c1cccs1. The van der Waals surface area contributed by atoms with Crippen LogP contribution in [0.4, 0.5) is 0 Å². The first-order valence-electron chi connectivity index (χ1n) is 6.85. The zero-order valence-electron chi connectivity index (χ0n) is 11.8. The molecule has 0 unspecified atom stereocenters. The molecule has 0 aliphatic heterocycles. The summed E-state index contributed by atoms with van der Waals surface area (Å²) in [7, 11) is 0. The maximum atomic E-state index is 12.0. The molecule has 0 N–H and O–H groups in total. The van der Waals surface area contributed by atoms with Gasteiger partial charge in [0, 0.05) is 16.2 Å². The lowest BCUT2D eigenvalue weighted by Crippen LogP contribution is -2.11. The highest BCUT2D eigenvalue weighted by Gasteiger charge is 2.18. The second kappa shape index (κ2) is 6.00. The molecule has 0 amide bonds. The summed E-state index contributed by atoms with van der Waals surface area (Å²) in [5.74, 6) is 0.0670. The van der Waals surface area contributed by atoms with Gasteiger partial charge >= 0.3 is 5.63 Å². The molecule has 1 aromatic carbocycles. The van der Waals surface area contributed by atoms with Crippen LogP contribution in [-0.2, 0) is 6.42 Å². The number of allylic oxidation sites excluding steroid dienone is 1. The summed E-state index contributed by atoms with van der Waals surface area (Å²) in [6.45, 7) is 3.89. The normalized spacial score (nSPS) is 12.0. The average molecular weight is 307 g/mol. The molecular weight excluding hydrogens is 294 g/mol. The largest absolute Gasteiger partial charge is 0.422 e. The van der Waals surface area contributed by atoms with Crippen molar-refractivity contribution in [1.29, 1.82) is 5.26 Å². The van der Waals surface area contributed by atoms with Crippen LogP contribution in [0.1, 0.15) is 21.9 Å². The van der Waals surface area contributed by atoms with Gasteiger partial charge in [0.2, 0.25) is 0 Å². The lowest BCUT2D eigenvalue weighted by atomic mass is 9.93. The van der Waals surface area contributed by atoms with E-state index < -0.39 is 5.63 Å². The molecule has 4 heteroatoms. The first-order valence-corrected chi connectivity index (χ1v) is 7.73. The van der Waals surface area contributed by atoms with Gasteiger partial charge in [0.05, 0.1) is 0 Å². The Morgan fingerprint density at radius 2 is 2.14 bits per heavy atom. The average Bonchev–Trinajstić information content (AvgIpc) is 3.06. The van der Waals surface area contributed by atoms with Crippen molar-refractivity contribution < 1.29 is 4.42 Å². The van der Waals surface area contributed by atoms with Crippen molar-refractivity contribution in [2.75, 3.05) is 0 Å². The molecular formula is C18H13NO2S. The van der Waals surface area contributed by atoms with Crippen molar-refractivity contribution >= 4 is 22.3 Å². The van der Waals surface area contributed by atoms with Crippen LogP contribution in [0.25, 0.3) is 11.0 Å². The highest BCUT2D eigenvalue weighted by atomic mass is 32.1. The minimum Gasteiger partial charge on any atom is -0.422 e. The van der Waals surface area contributed by atoms with E-state index in [4.69, 9.17) is 4.42 Å². The molecule has 3 nitrogen and oxygen atoms in total. The Morgan fingerprint density at radius 3 is 2.82 bits per heavy atom. The molecule has 0 bridgehead atoms. The Bertz CT molecular complexity index is 916. The fraction of sp³-hybridized carbons (Fsp3) is 0.111. The topological polar surface area (TPSA) is 54.0 Å². The molecule has 2 heterocycles. The highest BCUT2D eigenvalue weighted by molar-refractivity contribution is 7.10. The number of rotatable bonds is 4. The molecule has 0 spiro atoms. The summed E-state index contributed by atoms with van der Waals surface area (Å²) in [6.07, 6.45) is 2.41. The second-order valence-corrected chi connectivity index (χ2v) is 5.89. The number of hydrogen-bond donors (Lipinski definition) is 0. The van der Waals surface area contributed by atoms with Crippen LogP contribution < -0.4 is 5.63 Å². The van der Waals surface area contributed by atoms with Gasteiger partial charge in [0.1, 0.15) is 17.2 Å². The van der Waals surface area contributed by atoms with Crippen LogP contribution in [0.15, 0.2) is 63.6 Å². The van der Waals surface area contributed by atoms with Gasteiger partial charge in [-0.3, -0.25) is 0 Å². The van der Waals surface area contributed by atoms with E-state index in [9.17, 15) is 10.1 Å². The maximum absolute atomic E-state index is 12.0. The van der Waals surface area contributed by atoms with Crippen molar-refractivity contribution in [3.05, 3.63) is 80.9 Å². The zero-order chi connectivity index (χ0) is 15.5. The highest BCUT2D eigenvalue weighted by Crippen LogP contribution is 2.30. The molecule has 0 saturated heterocycles. The molecule has 0 aliphatic carbocycles. The van der Waals surface area contributed by atoms with Crippen molar-refractivity contribution in [3.8, 4) is 6.07 Å². The summed E-state index contributed by atoms with van der Waals surface area (Å²) >= 11 is 1.64. The number of fused-ring (bicyclic) bond motifs is 1. The fourth-order valence-corrected chi connectivity index (χ4v) is 3.39. The smallest absolute Gasteiger partial charge is 0.354 e. The van der Waals surface area contributed by atoms with Crippen LogP contribution in [-0.4, -0.2) is 0 Å². The van der Waals surface area contributed by atoms with Crippen molar-refractivity contribution in [1.82, 2.24) is 0 Å². The van der Waals surface area contributed by atoms with Gasteiger partial charge in [0.25, 0.3) is 0 Å². The van der Waals surface area contributed by atoms with Crippen LogP contribution in [0.2, 0.25) is 0 Å². The molecule has 0 radical (unpaired) electrons. The lowest BCUT2D eigenvalue weighted by molar-refractivity contribution is 0.555. The molecule has 22 heavy (non-hydrogen) atoms. The summed E-state index contributed by atoms with van der Waals surface area (Å²) < 4.78 is 5.23. The first-order chi connectivity index (χ1) is 10.7. The Kier molecular flexibility index (Phi) is 3.90.